The van der Waals surface area contributed by atoms with Crippen LogP contribution in [0.1, 0.15) is 25.3 Å². The molecule has 0 bridgehead atoms. The molecule has 0 saturated carbocycles. The Balaban J connectivity index is 2.09. The van der Waals surface area contributed by atoms with E-state index in [-0.39, 0.29) is 44.3 Å². The molecule has 7 heteroatoms. The van der Waals surface area contributed by atoms with Crippen molar-refractivity contribution in [1.82, 2.24) is 0 Å². The average Bonchev–Trinajstić information content (AvgIpc) is 2.53. The maximum absolute atomic E-state index is 12.2. The third-order valence-corrected chi connectivity index (χ3v) is 4.80. The first-order valence-electron chi connectivity index (χ1n) is 7.15. The molecule has 0 heterocycles. The van der Waals surface area contributed by atoms with Crippen LogP contribution in [0.5, 0.6) is 5.75 Å². The largest absolute Gasteiger partial charge is 0.481 e. The van der Waals surface area contributed by atoms with Crippen LogP contribution in [-0.2, 0) is 4.79 Å². The van der Waals surface area contributed by atoms with Gasteiger partial charge < -0.3 is 10.1 Å². The molecule has 0 fully saturated rings. The van der Waals surface area contributed by atoms with Gasteiger partial charge in [-0.15, -0.1) is 0 Å². The van der Waals surface area contributed by atoms with Crippen LogP contribution in [0.15, 0.2) is 30.3 Å². The van der Waals surface area contributed by atoms with Crippen LogP contribution in [0.2, 0.25) is 20.1 Å². The highest BCUT2D eigenvalue weighted by molar-refractivity contribution is 6.50. The highest BCUT2D eigenvalue weighted by Crippen LogP contribution is 2.42. The Morgan fingerprint density at radius 3 is 2.42 bits per heavy atom. The Hall–Kier alpha value is -1.13. The van der Waals surface area contributed by atoms with Crippen molar-refractivity contribution >= 4 is 58.0 Å². The van der Waals surface area contributed by atoms with E-state index in [0.717, 1.165) is 11.3 Å². The molecule has 0 aliphatic carbocycles. The zero-order valence-corrected chi connectivity index (χ0v) is 16.0. The number of halogens is 4. The van der Waals surface area contributed by atoms with E-state index in [1.165, 1.54) is 6.07 Å². The Labute approximate surface area is 160 Å². The first-order valence-corrected chi connectivity index (χ1v) is 8.67. The monoisotopic (exact) mass is 405 g/mol. The van der Waals surface area contributed by atoms with Gasteiger partial charge in [0.15, 0.2) is 12.4 Å². The molecule has 24 heavy (non-hydrogen) atoms. The van der Waals surface area contributed by atoms with Crippen LogP contribution in [0.3, 0.4) is 0 Å². The molecule has 0 saturated heterocycles. The molecular weight excluding hydrogens is 392 g/mol. The second-order valence-corrected chi connectivity index (χ2v) is 6.95. The number of benzene rings is 2. The van der Waals surface area contributed by atoms with Crippen molar-refractivity contribution in [2.24, 2.45) is 0 Å². The summed E-state index contributed by atoms with van der Waals surface area (Å²) < 4.78 is 5.42. The third-order valence-electron chi connectivity index (χ3n) is 3.28. The van der Waals surface area contributed by atoms with Crippen LogP contribution < -0.4 is 10.1 Å². The molecule has 1 amide bonds. The fraction of sp³-hybridized carbons (Fsp3) is 0.235. The number of ether oxygens (including phenoxy) is 1. The normalized spacial score (nSPS) is 10.8. The van der Waals surface area contributed by atoms with Crippen LogP contribution in [0.4, 0.5) is 5.69 Å². The number of rotatable bonds is 5. The second-order valence-electron chi connectivity index (χ2n) is 5.38. The summed E-state index contributed by atoms with van der Waals surface area (Å²) >= 11 is 23.9. The van der Waals surface area contributed by atoms with E-state index in [4.69, 9.17) is 51.1 Å². The summed E-state index contributed by atoms with van der Waals surface area (Å²) in [6.07, 6.45) is 0. The van der Waals surface area contributed by atoms with Crippen LogP contribution in [0.25, 0.3) is 0 Å². The molecule has 2 rings (SSSR count). The van der Waals surface area contributed by atoms with Gasteiger partial charge in [-0.3, -0.25) is 4.79 Å². The minimum absolute atomic E-state index is 0.0737. The zero-order valence-electron chi connectivity index (χ0n) is 13.0. The molecule has 0 atom stereocenters. The molecule has 0 aromatic heterocycles. The maximum atomic E-state index is 12.2. The minimum atomic E-state index is -0.332. The molecule has 2 aromatic rings. The van der Waals surface area contributed by atoms with Gasteiger partial charge >= 0.3 is 0 Å². The number of carbonyl (C=O) groups is 1. The van der Waals surface area contributed by atoms with Gasteiger partial charge in [0.2, 0.25) is 0 Å². The molecule has 0 aliphatic heterocycles. The Kier molecular flexibility index (Phi) is 6.64. The molecule has 0 unspecified atom stereocenters. The Morgan fingerprint density at radius 2 is 1.75 bits per heavy atom. The quantitative estimate of drug-likeness (QED) is 0.458. The summed E-state index contributed by atoms with van der Waals surface area (Å²) in [5, 5.41) is 3.42. The maximum Gasteiger partial charge on any atom is 0.262 e. The van der Waals surface area contributed by atoms with Gasteiger partial charge in [0.05, 0.1) is 15.1 Å². The highest BCUT2D eigenvalue weighted by Gasteiger charge is 2.17. The van der Waals surface area contributed by atoms with Crippen molar-refractivity contribution in [2.75, 3.05) is 11.9 Å². The summed E-state index contributed by atoms with van der Waals surface area (Å²) in [6.45, 7) is 3.84. The first-order chi connectivity index (χ1) is 11.3. The molecule has 0 radical (unpaired) electrons. The van der Waals surface area contributed by atoms with Crippen molar-refractivity contribution in [2.45, 2.75) is 19.8 Å². The number of anilines is 1. The van der Waals surface area contributed by atoms with Crippen molar-refractivity contribution in [3.8, 4) is 5.75 Å². The van der Waals surface area contributed by atoms with Crippen molar-refractivity contribution in [1.29, 1.82) is 0 Å². The SMILES string of the molecule is CC(C)c1ccccc1NC(=O)COc1c(Cl)cc(Cl)c(Cl)c1Cl. The number of para-hydroxylation sites is 1. The van der Waals surface area contributed by atoms with Crippen LogP contribution >= 0.6 is 46.4 Å². The van der Waals surface area contributed by atoms with Gasteiger partial charge in [0.25, 0.3) is 5.91 Å². The van der Waals surface area contributed by atoms with Crippen LogP contribution in [0, 0.1) is 0 Å². The number of hydrogen-bond acceptors (Lipinski definition) is 2. The lowest BCUT2D eigenvalue weighted by Gasteiger charge is -2.15. The molecule has 3 nitrogen and oxygen atoms in total. The van der Waals surface area contributed by atoms with Crippen molar-refractivity contribution < 1.29 is 9.53 Å². The van der Waals surface area contributed by atoms with E-state index in [2.05, 4.69) is 19.2 Å². The Morgan fingerprint density at radius 1 is 1.08 bits per heavy atom. The van der Waals surface area contributed by atoms with E-state index in [0.29, 0.717) is 0 Å². The lowest BCUT2D eigenvalue weighted by Crippen LogP contribution is -2.21. The van der Waals surface area contributed by atoms with Gasteiger partial charge in [0.1, 0.15) is 5.02 Å². The smallest absolute Gasteiger partial charge is 0.262 e. The average molecular weight is 407 g/mol. The van der Waals surface area contributed by atoms with Gasteiger partial charge in [-0.25, -0.2) is 0 Å². The summed E-state index contributed by atoms with van der Waals surface area (Å²) in [6, 6.07) is 9.00. The molecular formula is C17H15Cl4NO2. The van der Waals surface area contributed by atoms with Gasteiger partial charge in [0, 0.05) is 5.69 Å². The van der Waals surface area contributed by atoms with E-state index in [9.17, 15) is 4.79 Å². The lowest BCUT2D eigenvalue weighted by molar-refractivity contribution is -0.118. The number of nitrogens with one attached hydrogen (secondary N) is 1. The standard InChI is InChI=1S/C17H15Cl4NO2/c1-9(2)10-5-3-4-6-13(10)22-14(23)8-24-17-12(19)7-11(18)15(20)16(17)21/h3-7,9H,8H2,1-2H3,(H,22,23). The number of carbonyl (C=O) groups excluding carboxylic acids is 1. The summed E-state index contributed by atoms with van der Waals surface area (Å²) in [4.78, 5) is 12.2. The minimum Gasteiger partial charge on any atom is -0.481 e. The van der Waals surface area contributed by atoms with Gasteiger partial charge in [-0.2, -0.15) is 0 Å². The van der Waals surface area contributed by atoms with Gasteiger partial charge in [-0.1, -0.05) is 78.5 Å². The third kappa shape index (κ3) is 4.48. The lowest BCUT2D eigenvalue weighted by atomic mass is 10.0. The summed E-state index contributed by atoms with van der Waals surface area (Å²) in [5.41, 5.74) is 1.78. The first kappa shape index (κ1) is 19.2. The second kappa shape index (κ2) is 8.30. The fourth-order valence-corrected chi connectivity index (χ4v) is 3.13. The van der Waals surface area contributed by atoms with Gasteiger partial charge in [-0.05, 0) is 23.6 Å². The molecule has 0 spiro atoms. The fourth-order valence-electron chi connectivity index (χ4n) is 2.12. The zero-order chi connectivity index (χ0) is 17.9. The number of amides is 1. The summed E-state index contributed by atoms with van der Waals surface area (Å²) in [5.74, 6) is 0.0720. The molecule has 0 aliphatic rings. The van der Waals surface area contributed by atoms with E-state index >= 15 is 0 Å². The van der Waals surface area contributed by atoms with Crippen LogP contribution in [-0.4, -0.2) is 12.5 Å². The molecule has 2 aromatic carbocycles. The molecule has 1 N–H and O–H groups in total. The summed E-state index contributed by atoms with van der Waals surface area (Å²) in [7, 11) is 0. The van der Waals surface area contributed by atoms with E-state index in [1.807, 2.05) is 24.3 Å². The van der Waals surface area contributed by atoms with E-state index in [1.54, 1.807) is 0 Å². The Bertz CT molecular complexity index is 762. The molecule has 128 valence electrons. The van der Waals surface area contributed by atoms with Crippen molar-refractivity contribution in [3.05, 3.63) is 56.0 Å². The van der Waals surface area contributed by atoms with Crippen molar-refractivity contribution in [3.63, 3.8) is 0 Å². The topological polar surface area (TPSA) is 38.3 Å². The predicted molar refractivity (Wildman–Crippen MR) is 101 cm³/mol. The number of hydrogen-bond donors (Lipinski definition) is 1. The predicted octanol–water partition coefficient (Wildman–Crippen LogP) is 6.44. The highest BCUT2D eigenvalue weighted by atomic mass is 35.5. The van der Waals surface area contributed by atoms with E-state index < -0.39 is 0 Å².